The average Bonchev–Trinajstić information content (AvgIpc) is 3.23. The Hall–Kier alpha value is -2.80. The third kappa shape index (κ3) is 2.98. The van der Waals surface area contributed by atoms with Crippen molar-refractivity contribution in [2.75, 3.05) is 0 Å². The van der Waals surface area contributed by atoms with Crippen LogP contribution in [0.1, 0.15) is 0 Å². The molecule has 0 saturated carbocycles. The molecule has 0 spiro atoms. The molecule has 0 atom stereocenters. The van der Waals surface area contributed by atoms with E-state index in [1.165, 1.54) is 12.1 Å². The quantitative estimate of drug-likeness (QED) is 0.497. The van der Waals surface area contributed by atoms with E-state index in [1.807, 2.05) is 22.9 Å². The lowest BCUT2D eigenvalue weighted by Crippen LogP contribution is -2.17. The minimum Gasteiger partial charge on any atom is -0.405 e. The minimum absolute atomic E-state index is 0.240. The number of nitrogens with zero attached hydrogens (tertiary/aromatic N) is 1. The maximum absolute atomic E-state index is 12.7. The first kappa shape index (κ1) is 15.7. The van der Waals surface area contributed by atoms with Crippen LogP contribution in [-0.4, -0.2) is 16.3 Å². The van der Waals surface area contributed by atoms with Crippen molar-refractivity contribution in [3.8, 4) is 28.0 Å². The number of hydrogen-bond donors (Lipinski definition) is 1. The number of aromatic amines is 1. The van der Waals surface area contributed by atoms with Crippen LogP contribution < -0.4 is 4.74 Å². The van der Waals surface area contributed by atoms with Crippen LogP contribution >= 0.6 is 11.3 Å². The first-order valence-corrected chi connectivity index (χ1v) is 8.31. The molecule has 0 fully saturated rings. The summed E-state index contributed by atoms with van der Waals surface area (Å²) < 4.78 is 42.4. The highest BCUT2D eigenvalue weighted by atomic mass is 32.1. The van der Waals surface area contributed by atoms with Crippen molar-refractivity contribution in [2.24, 2.45) is 0 Å². The van der Waals surface area contributed by atoms with Gasteiger partial charge in [0.05, 0.1) is 0 Å². The van der Waals surface area contributed by atoms with E-state index < -0.39 is 6.36 Å². The molecule has 4 aromatic rings. The van der Waals surface area contributed by atoms with Crippen molar-refractivity contribution in [3.05, 3.63) is 59.6 Å². The first-order valence-electron chi connectivity index (χ1n) is 7.37. The highest BCUT2D eigenvalue weighted by molar-refractivity contribution is 7.08. The molecule has 3 heterocycles. The number of benzene rings is 1. The number of halogens is 3. The molecule has 0 aliphatic rings. The van der Waals surface area contributed by atoms with E-state index in [0.29, 0.717) is 16.8 Å². The molecule has 0 aliphatic heterocycles. The molecule has 25 heavy (non-hydrogen) atoms. The second-order valence-electron chi connectivity index (χ2n) is 5.34. The Balaban J connectivity index is 1.95. The van der Waals surface area contributed by atoms with Crippen molar-refractivity contribution in [1.29, 1.82) is 0 Å². The summed E-state index contributed by atoms with van der Waals surface area (Å²) in [7, 11) is 0. The predicted octanol–water partition coefficient (Wildman–Crippen LogP) is 5.86. The van der Waals surface area contributed by atoms with Crippen LogP contribution in [0.25, 0.3) is 33.3 Å². The molecule has 7 heteroatoms. The van der Waals surface area contributed by atoms with E-state index in [2.05, 4.69) is 14.7 Å². The Morgan fingerprint density at radius 3 is 2.60 bits per heavy atom. The molecular weight excluding hydrogens is 349 g/mol. The zero-order chi connectivity index (χ0) is 17.4. The molecule has 4 rings (SSSR count). The molecule has 1 aromatic carbocycles. The zero-order valence-corrected chi connectivity index (χ0v) is 13.5. The highest BCUT2D eigenvalue weighted by Crippen LogP contribution is 2.40. The summed E-state index contributed by atoms with van der Waals surface area (Å²) in [5.41, 5.74) is 3.48. The van der Waals surface area contributed by atoms with Crippen LogP contribution in [0.15, 0.2) is 59.6 Å². The molecule has 3 aromatic heterocycles. The summed E-state index contributed by atoms with van der Waals surface area (Å²) in [5.74, 6) is -0.240. The van der Waals surface area contributed by atoms with Crippen LogP contribution in [0, 0.1) is 0 Å². The Morgan fingerprint density at radius 2 is 1.84 bits per heavy atom. The van der Waals surface area contributed by atoms with Gasteiger partial charge in [-0.05, 0) is 40.1 Å². The third-order valence-electron chi connectivity index (χ3n) is 3.81. The van der Waals surface area contributed by atoms with Gasteiger partial charge in [-0.25, -0.2) is 4.98 Å². The number of alkyl halides is 3. The maximum Gasteiger partial charge on any atom is 0.573 e. The third-order valence-corrected chi connectivity index (χ3v) is 4.49. The lowest BCUT2D eigenvalue weighted by Gasteiger charge is -2.13. The van der Waals surface area contributed by atoms with E-state index in [1.54, 1.807) is 35.9 Å². The maximum atomic E-state index is 12.7. The molecule has 0 aliphatic carbocycles. The SMILES string of the molecule is FC(F)(F)Oc1ccccc1-c1c[nH]c2nccc(-c3ccsc3)c12. The lowest BCUT2D eigenvalue weighted by molar-refractivity contribution is -0.274. The van der Waals surface area contributed by atoms with Gasteiger partial charge in [-0.3, -0.25) is 0 Å². The summed E-state index contributed by atoms with van der Waals surface area (Å²) in [6.07, 6.45) is -1.42. The zero-order valence-electron chi connectivity index (χ0n) is 12.7. The number of para-hydroxylation sites is 1. The molecule has 0 saturated heterocycles. The van der Waals surface area contributed by atoms with Crippen LogP contribution in [-0.2, 0) is 0 Å². The molecule has 1 N–H and O–H groups in total. The summed E-state index contributed by atoms with van der Waals surface area (Å²) in [6, 6.07) is 9.93. The van der Waals surface area contributed by atoms with Crippen molar-refractivity contribution in [1.82, 2.24) is 9.97 Å². The molecule has 0 bridgehead atoms. The van der Waals surface area contributed by atoms with E-state index in [0.717, 1.165) is 16.5 Å². The number of ether oxygens (including phenoxy) is 1. The average molecular weight is 360 g/mol. The Morgan fingerprint density at radius 1 is 1.00 bits per heavy atom. The largest absolute Gasteiger partial charge is 0.573 e. The van der Waals surface area contributed by atoms with Gasteiger partial charge < -0.3 is 9.72 Å². The lowest BCUT2D eigenvalue weighted by atomic mass is 9.99. The Labute approximate surface area is 144 Å². The standard InChI is InChI=1S/C18H11F3N2OS/c19-18(20,21)24-15-4-2-1-3-13(15)14-9-23-17-16(14)12(5-7-22-17)11-6-8-25-10-11/h1-10H,(H,22,23). The van der Waals surface area contributed by atoms with Gasteiger partial charge in [0, 0.05) is 28.9 Å². The van der Waals surface area contributed by atoms with Crippen LogP contribution in [0.3, 0.4) is 0 Å². The first-order chi connectivity index (χ1) is 12.0. The second-order valence-corrected chi connectivity index (χ2v) is 6.12. The van der Waals surface area contributed by atoms with Gasteiger partial charge in [0.25, 0.3) is 0 Å². The fraction of sp³-hybridized carbons (Fsp3) is 0.0556. The van der Waals surface area contributed by atoms with Gasteiger partial charge in [-0.2, -0.15) is 11.3 Å². The topological polar surface area (TPSA) is 37.9 Å². The van der Waals surface area contributed by atoms with Crippen LogP contribution in [0.4, 0.5) is 13.2 Å². The number of hydrogen-bond acceptors (Lipinski definition) is 3. The predicted molar refractivity (Wildman–Crippen MR) is 91.5 cm³/mol. The second kappa shape index (κ2) is 5.93. The normalized spacial score (nSPS) is 11.8. The van der Waals surface area contributed by atoms with Crippen LogP contribution in [0.2, 0.25) is 0 Å². The monoisotopic (exact) mass is 360 g/mol. The number of aromatic nitrogens is 2. The molecule has 0 radical (unpaired) electrons. The molecule has 126 valence electrons. The number of thiophene rings is 1. The number of nitrogens with one attached hydrogen (secondary N) is 1. The van der Waals surface area contributed by atoms with Gasteiger partial charge >= 0.3 is 6.36 Å². The van der Waals surface area contributed by atoms with E-state index in [9.17, 15) is 13.2 Å². The Bertz CT molecular complexity index is 1020. The van der Waals surface area contributed by atoms with Gasteiger partial charge in [0.1, 0.15) is 11.4 Å². The van der Waals surface area contributed by atoms with Gasteiger partial charge in [-0.1, -0.05) is 18.2 Å². The summed E-state index contributed by atoms with van der Waals surface area (Å²) in [4.78, 5) is 7.32. The van der Waals surface area contributed by atoms with E-state index in [4.69, 9.17) is 0 Å². The van der Waals surface area contributed by atoms with Gasteiger partial charge in [0.15, 0.2) is 0 Å². The van der Waals surface area contributed by atoms with Crippen molar-refractivity contribution in [3.63, 3.8) is 0 Å². The summed E-state index contributed by atoms with van der Waals surface area (Å²) in [5, 5.41) is 4.71. The van der Waals surface area contributed by atoms with Crippen molar-refractivity contribution < 1.29 is 17.9 Å². The summed E-state index contributed by atoms with van der Waals surface area (Å²) >= 11 is 1.55. The minimum atomic E-state index is -4.75. The number of pyridine rings is 1. The van der Waals surface area contributed by atoms with Crippen molar-refractivity contribution in [2.45, 2.75) is 6.36 Å². The molecule has 3 nitrogen and oxygen atoms in total. The van der Waals surface area contributed by atoms with Crippen LogP contribution in [0.5, 0.6) is 5.75 Å². The number of H-pyrrole nitrogens is 1. The number of fused-ring (bicyclic) bond motifs is 1. The smallest absolute Gasteiger partial charge is 0.405 e. The van der Waals surface area contributed by atoms with Gasteiger partial charge in [-0.15, -0.1) is 13.2 Å². The molecule has 0 amide bonds. The van der Waals surface area contributed by atoms with E-state index >= 15 is 0 Å². The summed E-state index contributed by atoms with van der Waals surface area (Å²) in [6.45, 7) is 0. The fourth-order valence-electron chi connectivity index (χ4n) is 2.83. The van der Waals surface area contributed by atoms with E-state index in [-0.39, 0.29) is 5.75 Å². The highest BCUT2D eigenvalue weighted by Gasteiger charge is 2.32. The van der Waals surface area contributed by atoms with Gasteiger partial charge in [0.2, 0.25) is 0 Å². The van der Waals surface area contributed by atoms with Crippen molar-refractivity contribution >= 4 is 22.4 Å². The number of rotatable bonds is 3. The molecular formula is C18H11F3N2OS. The fourth-order valence-corrected chi connectivity index (χ4v) is 3.49. The Kier molecular flexibility index (Phi) is 3.73. The molecule has 0 unspecified atom stereocenters.